The highest BCUT2D eigenvalue weighted by atomic mass is 16.7. The van der Waals surface area contributed by atoms with Crippen LogP contribution in [0.5, 0.6) is 5.75 Å². The molecule has 2 atom stereocenters. The van der Waals surface area contributed by atoms with Gasteiger partial charge in [0.25, 0.3) is 0 Å². The van der Waals surface area contributed by atoms with Crippen LogP contribution in [0.3, 0.4) is 0 Å². The van der Waals surface area contributed by atoms with Crippen LogP contribution in [-0.4, -0.2) is 26.0 Å². The van der Waals surface area contributed by atoms with Gasteiger partial charge < -0.3 is 14.2 Å². The van der Waals surface area contributed by atoms with Gasteiger partial charge in [-0.15, -0.1) is 0 Å². The van der Waals surface area contributed by atoms with E-state index in [1.54, 1.807) is 0 Å². The summed E-state index contributed by atoms with van der Waals surface area (Å²) in [5.41, 5.74) is 0. The Kier molecular flexibility index (Phi) is 4.59. The van der Waals surface area contributed by atoms with E-state index < -0.39 is 0 Å². The van der Waals surface area contributed by atoms with E-state index in [4.69, 9.17) is 9.47 Å². The summed E-state index contributed by atoms with van der Waals surface area (Å²) in [4.78, 5) is 11.2. The maximum atomic E-state index is 11.2. The lowest BCUT2D eigenvalue weighted by atomic mass is 9.96. The van der Waals surface area contributed by atoms with Gasteiger partial charge >= 0.3 is 5.97 Å². The van der Waals surface area contributed by atoms with Crippen LogP contribution < -0.4 is 4.74 Å². The van der Waals surface area contributed by atoms with Gasteiger partial charge in [0.1, 0.15) is 5.75 Å². The number of hydrogen-bond acceptors (Lipinski definition) is 4. The normalized spacial score (nSPS) is 23.4. The molecule has 1 saturated heterocycles. The predicted octanol–water partition coefficient (Wildman–Crippen LogP) is 2.38. The highest BCUT2D eigenvalue weighted by Crippen LogP contribution is 2.25. The van der Waals surface area contributed by atoms with E-state index in [9.17, 15) is 4.79 Å². The third kappa shape index (κ3) is 3.74. The third-order valence-corrected chi connectivity index (χ3v) is 3.05. The van der Waals surface area contributed by atoms with Crippen molar-refractivity contribution in [2.24, 2.45) is 5.92 Å². The molecule has 1 aromatic rings. The Morgan fingerprint density at radius 3 is 2.89 bits per heavy atom. The highest BCUT2D eigenvalue weighted by Gasteiger charge is 2.26. The fourth-order valence-corrected chi connectivity index (χ4v) is 2.06. The largest absolute Gasteiger partial charge is 0.469 e. The first kappa shape index (κ1) is 12.9. The molecule has 1 fully saturated rings. The molecule has 0 spiro atoms. The lowest BCUT2D eigenvalue weighted by Crippen LogP contribution is -2.31. The van der Waals surface area contributed by atoms with Gasteiger partial charge in [-0.05, 0) is 24.5 Å². The predicted molar refractivity (Wildman–Crippen MR) is 66.2 cm³/mol. The van der Waals surface area contributed by atoms with E-state index >= 15 is 0 Å². The van der Waals surface area contributed by atoms with E-state index in [0.717, 1.165) is 18.6 Å². The molecule has 4 heteroatoms. The molecule has 1 heterocycles. The van der Waals surface area contributed by atoms with Gasteiger partial charge in [-0.25, -0.2) is 0 Å². The molecule has 0 aromatic heterocycles. The van der Waals surface area contributed by atoms with Crippen LogP contribution in [0.15, 0.2) is 30.3 Å². The van der Waals surface area contributed by atoms with Gasteiger partial charge in [0.2, 0.25) is 0 Å². The van der Waals surface area contributed by atoms with Crippen LogP contribution in [0.25, 0.3) is 0 Å². The number of esters is 1. The average Bonchev–Trinajstić information content (AvgIpc) is 2.40. The molecular formula is C14H18O4. The molecule has 18 heavy (non-hydrogen) atoms. The standard InChI is InChI=1S/C14H18O4/c1-16-13(15)9-11-7-8-17-14(10-11)18-12-5-3-2-4-6-12/h2-6,11,14H,7-10H2,1H3. The number of carbonyl (C=O) groups excluding carboxylic acids is 1. The van der Waals surface area contributed by atoms with E-state index in [1.165, 1.54) is 7.11 Å². The molecule has 4 nitrogen and oxygen atoms in total. The van der Waals surface area contributed by atoms with Crippen LogP contribution in [0.4, 0.5) is 0 Å². The Hall–Kier alpha value is -1.55. The Labute approximate surface area is 107 Å². The zero-order valence-electron chi connectivity index (χ0n) is 10.5. The Bertz CT molecular complexity index is 377. The summed E-state index contributed by atoms with van der Waals surface area (Å²) in [6.45, 7) is 0.624. The highest BCUT2D eigenvalue weighted by molar-refractivity contribution is 5.69. The second-order valence-electron chi connectivity index (χ2n) is 4.40. The molecule has 1 aliphatic heterocycles. The van der Waals surface area contributed by atoms with E-state index in [2.05, 4.69) is 4.74 Å². The SMILES string of the molecule is COC(=O)CC1CCOC(Oc2ccccc2)C1. The molecule has 2 unspecified atom stereocenters. The van der Waals surface area contributed by atoms with E-state index in [-0.39, 0.29) is 18.2 Å². The number of benzene rings is 1. The maximum absolute atomic E-state index is 11.2. The quantitative estimate of drug-likeness (QED) is 0.770. The second-order valence-corrected chi connectivity index (χ2v) is 4.40. The summed E-state index contributed by atoms with van der Waals surface area (Å²) in [6, 6.07) is 9.57. The molecule has 0 amide bonds. The minimum Gasteiger partial charge on any atom is -0.469 e. The van der Waals surface area contributed by atoms with Gasteiger partial charge in [-0.1, -0.05) is 18.2 Å². The molecule has 2 rings (SSSR count). The van der Waals surface area contributed by atoms with Crippen molar-refractivity contribution in [3.63, 3.8) is 0 Å². The summed E-state index contributed by atoms with van der Waals surface area (Å²) in [5, 5.41) is 0. The molecule has 1 aromatic carbocycles. The van der Waals surface area contributed by atoms with Gasteiger partial charge in [-0.3, -0.25) is 4.79 Å². The van der Waals surface area contributed by atoms with Crippen LogP contribution in [0.1, 0.15) is 19.3 Å². The lowest BCUT2D eigenvalue weighted by molar-refractivity contribution is -0.147. The Balaban J connectivity index is 1.85. The Morgan fingerprint density at radius 1 is 1.39 bits per heavy atom. The molecule has 0 bridgehead atoms. The van der Waals surface area contributed by atoms with Crippen molar-refractivity contribution < 1.29 is 19.0 Å². The first-order chi connectivity index (χ1) is 8.78. The molecule has 0 saturated carbocycles. The van der Waals surface area contributed by atoms with Gasteiger partial charge in [0.05, 0.1) is 13.7 Å². The van der Waals surface area contributed by atoms with E-state index in [1.807, 2.05) is 30.3 Å². The minimum absolute atomic E-state index is 0.166. The summed E-state index contributed by atoms with van der Waals surface area (Å²) >= 11 is 0. The number of carbonyl (C=O) groups is 1. The third-order valence-electron chi connectivity index (χ3n) is 3.05. The monoisotopic (exact) mass is 250 g/mol. The smallest absolute Gasteiger partial charge is 0.305 e. The molecule has 1 aliphatic rings. The summed E-state index contributed by atoms with van der Waals surface area (Å²) in [6.07, 6.45) is 1.78. The molecule has 98 valence electrons. The fourth-order valence-electron chi connectivity index (χ4n) is 2.06. The summed E-state index contributed by atoms with van der Waals surface area (Å²) in [5.74, 6) is 0.904. The molecular weight excluding hydrogens is 232 g/mol. The van der Waals surface area contributed by atoms with Crippen LogP contribution in [0, 0.1) is 5.92 Å². The lowest BCUT2D eigenvalue weighted by Gasteiger charge is -2.29. The summed E-state index contributed by atoms with van der Waals surface area (Å²) < 4.78 is 16.0. The van der Waals surface area contributed by atoms with E-state index in [0.29, 0.717) is 13.0 Å². The molecule has 0 N–H and O–H groups in total. The van der Waals surface area contributed by atoms with Gasteiger partial charge in [0.15, 0.2) is 6.29 Å². The van der Waals surface area contributed by atoms with Crippen molar-refractivity contribution in [2.45, 2.75) is 25.6 Å². The number of methoxy groups -OCH3 is 1. The van der Waals surface area contributed by atoms with Crippen molar-refractivity contribution in [1.82, 2.24) is 0 Å². The van der Waals surface area contributed by atoms with Crippen molar-refractivity contribution in [2.75, 3.05) is 13.7 Å². The van der Waals surface area contributed by atoms with Crippen molar-refractivity contribution in [1.29, 1.82) is 0 Å². The van der Waals surface area contributed by atoms with Crippen LogP contribution >= 0.6 is 0 Å². The topological polar surface area (TPSA) is 44.8 Å². The first-order valence-corrected chi connectivity index (χ1v) is 6.18. The number of rotatable bonds is 4. The second kappa shape index (κ2) is 6.40. The van der Waals surface area contributed by atoms with Crippen molar-refractivity contribution >= 4 is 5.97 Å². The first-order valence-electron chi connectivity index (χ1n) is 6.18. The Morgan fingerprint density at radius 2 is 2.17 bits per heavy atom. The maximum Gasteiger partial charge on any atom is 0.305 e. The molecule has 0 aliphatic carbocycles. The number of hydrogen-bond donors (Lipinski definition) is 0. The van der Waals surface area contributed by atoms with Crippen LogP contribution in [-0.2, 0) is 14.3 Å². The average molecular weight is 250 g/mol. The fraction of sp³-hybridized carbons (Fsp3) is 0.500. The van der Waals surface area contributed by atoms with Crippen molar-refractivity contribution in [3.05, 3.63) is 30.3 Å². The van der Waals surface area contributed by atoms with Crippen LogP contribution in [0.2, 0.25) is 0 Å². The zero-order chi connectivity index (χ0) is 12.8. The van der Waals surface area contributed by atoms with Crippen molar-refractivity contribution in [3.8, 4) is 5.75 Å². The zero-order valence-corrected chi connectivity index (χ0v) is 10.5. The number of para-hydroxylation sites is 1. The minimum atomic E-state index is -0.268. The van der Waals surface area contributed by atoms with Gasteiger partial charge in [0, 0.05) is 12.8 Å². The summed E-state index contributed by atoms with van der Waals surface area (Å²) in [7, 11) is 1.42. The van der Waals surface area contributed by atoms with Gasteiger partial charge in [-0.2, -0.15) is 0 Å². The number of ether oxygens (including phenoxy) is 3. The molecule has 0 radical (unpaired) electrons.